The van der Waals surface area contributed by atoms with Crippen molar-refractivity contribution in [2.45, 2.75) is 181 Å². The van der Waals surface area contributed by atoms with Crippen LogP contribution in [0.1, 0.15) is 175 Å². The van der Waals surface area contributed by atoms with E-state index in [1.807, 2.05) is 79.0 Å². The molecular weight excluding hydrogens is 757 g/mol. The summed E-state index contributed by atoms with van der Waals surface area (Å²) in [5.41, 5.74) is 0. The summed E-state index contributed by atoms with van der Waals surface area (Å²) in [4.78, 5) is 37.8. The number of allylic oxidation sites excluding steroid dienone is 22. The Kier molecular flexibility index (Phi) is 44.7. The lowest BCUT2D eigenvalue weighted by Crippen LogP contribution is -2.30. The van der Waals surface area contributed by atoms with Crippen molar-refractivity contribution in [3.05, 3.63) is 134 Å². The number of carbonyl (C=O) groups is 3. The Balaban J connectivity index is 4.59. The van der Waals surface area contributed by atoms with Gasteiger partial charge in [-0.1, -0.05) is 212 Å². The molecule has 0 radical (unpaired) electrons. The van der Waals surface area contributed by atoms with Gasteiger partial charge in [0.05, 0.1) is 0 Å². The number of ether oxygens (including phenoxy) is 3. The fraction of sp³-hybridized carbons (Fsp3) is 0.545. The van der Waals surface area contributed by atoms with Crippen molar-refractivity contribution >= 4 is 17.9 Å². The SMILES string of the molecule is CC/C=C/C=C/C=C/C=C/C=C/CCCC(=O)OCC(COC(=O)CCCCCCC/C=C/C=C/C=C/C=C/CC)OC(=O)CCCCCCCC/C=C/C=C/CCCCC. The summed E-state index contributed by atoms with van der Waals surface area (Å²) in [7, 11) is 0. The van der Waals surface area contributed by atoms with Crippen molar-refractivity contribution in [3.8, 4) is 0 Å². The Morgan fingerprint density at radius 1 is 0.344 bits per heavy atom. The molecule has 0 spiro atoms. The highest BCUT2D eigenvalue weighted by molar-refractivity contribution is 5.71. The molecule has 1 unspecified atom stereocenters. The van der Waals surface area contributed by atoms with Crippen LogP contribution < -0.4 is 0 Å². The standard InChI is InChI=1S/C55H84O6/c1-4-7-10-13-16-19-22-25-27-30-33-36-39-42-45-48-54(57)60-51-52(50-59-53(56)47-44-41-38-35-32-29-24-21-18-15-12-9-6-3)61-55(58)49-46-43-40-37-34-31-28-26-23-20-17-14-11-8-5-2/h7,9-10,12-13,15-27,29,32,35,38,52H,4-6,8,11,14,28,30-31,33-34,36-37,39-51H2,1-3H3/b10-7+,12-9+,16-13+,18-15+,20-17+,22-19+,24-21+,26-23+,27-25+,32-29+,38-35+. The van der Waals surface area contributed by atoms with Gasteiger partial charge in [-0.3, -0.25) is 14.4 Å². The number of carbonyl (C=O) groups excluding carboxylic acids is 3. The van der Waals surface area contributed by atoms with Crippen molar-refractivity contribution in [2.75, 3.05) is 13.2 Å². The first-order chi connectivity index (χ1) is 30.0. The minimum atomic E-state index is -0.827. The smallest absolute Gasteiger partial charge is 0.306 e. The summed E-state index contributed by atoms with van der Waals surface area (Å²) >= 11 is 0. The molecule has 0 saturated carbocycles. The first-order valence-corrected chi connectivity index (χ1v) is 23.8. The Hall–Kier alpha value is -4.45. The Morgan fingerprint density at radius 2 is 0.656 bits per heavy atom. The van der Waals surface area contributed by atoms with Crippen LogP contribution >= 0.6 is 0 Å². The molecule has 1 atom stereocenters. The third kappa shape index (κ3) is 46.5. The van der Waals surface area contributed by atoms with E-state index < -0.39 is 6.10 Å². The predicted molar refractivity (Wildman–Crippen MR) is 260 cm³/mol. The van der Waals surface area contributed by atoms with Gasteiger partial charge in [-0.05, 0) is 77.0 Å². The summed E-state index contributed by atoms with van der Waals surface area (Å²) in [6, 6.07) is 0. The zero-order valence-corrected chi connectivity index (χ0v) is 38.6. The van der Waals surface area contributed by atoms with Gasteiger partial charge in [-0.25, -0.2) is 0 Å². The maximum atomic E-state index is 12.8. The van der Waals surface area contributed by atoms with Crippen LogP contribution in [0.3, 0.4) is 0 Å². The third-order valence-corrected chi connectivity index (χ3v) is 9.37. The van der Waals surface area contributed by atoms with Gasteiger partial charge in [0.15, 0.2) is 6.10 Å². The van der Waals surface area contributed by atoms with Gasteiger partial charge in [-0.15, -0.1) is 0 Å². The van der Waals surface area contributed by atoms with Crippen LogP contribution in [-0.2, 0) is 28.6 Å². The Labute approximate surface area is 373 Å². The minimum absolute atomic E-state index is 0.123. The van der Waals surface area contributed by atoms with Crippen molar-refractivity contribution in [1.29, 1.82) is 0 Å². The molecule has 0 saturated heterocycles. The van der Waals surface area contributed by atoms with E-state index in [1.54, 1.807) is 0 Å². The lowest BCUT2D eigenvalue weighted by molar-refractivity contribution is -0.167. The van der Waals surface area contributed by atoms with Crippen LogP contribution in [0.25, 0.3) is 0 Å². The van der Waals surface area contributed by atoms with E-state index in [0.29, 0.717) is 12.8 Å². The fourth-order valence-electron chi connectivity index (χ4n) is 5.82. The molecule has 6 heteroatoms. The number of hydrogen-bond acceptors (Lipinski definition) is 6. The number of esters is 3. The molecule has 6 nitrogen and oxygen atoms in total. The first-order valence-electron chi connectivity index (χ1n) is 23.8. The molecule has 0 aliphatic heterocycles. The summed E-state index contributed by atoms with van der Waals surface area (Å²) in [6.07, 6.45) is 67.2. The molecule has 0 fully saturated rings. The molecule has 340 valence electrons. The predicted octanol–water partition coefficient (Wildman–Crippen LogP) is 15.5. The van der Waals surface area contributed by atoms with E-state index in [2.05, 4.69) is 75.5 Å². The maximum absolute atomic E-state index is 12.8. The zero-order valence-electron chi connectivity index (χ0n) is 38.6. The molecule has 0 N–H and O–H groups in total. The summed E-state index contributed by atoms with van der Waals surface area (Å²) < 4.78 is 16.7. The van der Waals surface area contributed by atoms with Gasteiger partial charge >= 0.3 is 17.9 Å². The lowest BCUT2D eigenvalue weighted by atomic mass is 10.1. The second-order valence-electron chi connectivity index (χ2n) is 15.1. The highest BCUT2D eigenvalue weighted by Crippen LogP contribution is 2.12. The number of unbranched alkanes of at least 4 members (excludes halogenated alkanes) is 15. The maximum Gasteiger partial charge on any atom is 0.306 e. The van der Waals surface area contributed by atoms with Crippen LogP contribution in [-0.4, -0.2) is 37.2 Å². The molecular formula is C55H84O6. The molecule has 61 heavy (non-hydrogen) atoms. The third-order valence-electron chi connectivity index (χ3n) is 9.37. The fourth-order valence-corrected chi connectivity index (χ4v) is 5.82. The molecule has 0 aliphatic carbocycles. The van der Waals surface area contributed by atoms with E-state index >= 15 is 0 Å². The topological polar surface area (TPSA) is 78.9 Å². The second-order valence-corrected chi connectivity index (χ2v) is 15.1. The molecule has 0 amide bonds. The highest BCUT2D eigenvalue weighted by Gasteiger charge is 2.19. The van der Waals surface area contributed by atoms with E-state index in [0.717, 1.165) is 96.3 Å². The van der Waals surface area contributed by atoms with Gasteiger partial charge < -0.3 is 14.2 Å². The second kappa shape index (κ2) is 48.2. The van der Waals surface area contributed by atoms with E-state index in [4.69, 9.17) is 14.2 Å². The van der Waals surface area contributed by atoms with E-state index in [9.17, 15) is 14.4 Å². The van der Waals surface area contributed by atoms with Crippen molar-refractivity contribution in [1.82, 2.24) is 0 Å². The van der Waals surface area contributed by atoms with Crippen molar-refractivity contribution < 1.29 is 28.6 Å². The molecule has 0 aromatic carbocycles. The van der Waals surface area contributed by atoms with Crippen LogP contribution in [0.2, 0.25) is 0 Å². The summed E-state index contributed by atoms with van der Waals surface area (Å²) in [5.74, 6) is -1.05. The van der Waals surface area contributed by atoms with Gasteiger partial charge in [0.1, 0.15) is 13.2 Å². The normalized spacial score (nSPS) is 13.3. The van der Waals surface area contributed by atoms with Crippen LogP contribution in [0.15, 0.2) is 134 Å². The average molecular weight is 841 g/mol. The quantitative estimate of drug-likeness (QED) is 0.0265. The van der Waals surface area contributed by atoms with Crippen molar-refractivity contribution in [3.63, 3.8) is 0 Å². The first kappa shape index (κ1) is 56.5. The zero-order chi connectivity index (χ0) is 44.4. The lowest BCUT2D eigenvalue weighted by Gasteiger charge is -2.18. The summed E-state index contributed by atoms with van der Waals surface area (Å²) in [6.45, 7) is 6.20. The monoisotopic (exact) mass is 841 g/mol. The van der Waals surface area contributed by atoms with Crippen LogP contribution in [0.4, 0.5) is 0 Å². The van der Waals surface area contributed by atoms with Crippen LogP contribution in [0.5, 0.6) is 0 Å². The Morgan fingerprint density at radius 3 is 1.08 bits per heavy atom. The van der Waals surface area contributed by atoms with Gasteiger partial charge in [0.25, 0.3) is 0 Å². The summed E-state index contributed by atoms with van der Waals surface area (Å²) in [5, 5.41) is 0. The minimum Gasteiger partial charge on any atom is -0.462 e. The van der Waals surface area contributed by atoms with Gasteiger partial charge in [0.2, 0.25) is 0 Å². The van der Waals surface area contributed by atoms with E-state index in [1.165, 1.54) is 32.1 Å². The molecule has 0 bridgehead atoms. The molecule has 0 aliphatic rings. The number of hydrogen-bond donors (Lipinski definition) is 0. The molecule has 0 heterocycles. The highest BCUT2D eigenvalue weighted by atomic mass is 16.6. The van der Waals surface area contributed by atoms with Crippen LogP contribution in [0, 0.1) is 0 Å². The molecule has 0 rings (SSSR count). The van der Waals surface area contributed by atoms with Crippen molar-refractivity contribution in [2.24, 2.45) is 0 Å². The largest absolute Gasteiger partial charge is 0.462 e. The average Bonchev–Trinajstić information content (AvgIpc) is 3.26. The molecule has 0 aromatic heterocycles. The van der Waals surface area contributed by atoms with Gasteiger partial charge in [0, 0.05) is 19.3 Å². The Bertz CT molecular complexity index is 1380. The van der Waals surface area contributed by atoms with Gasteiger partial charge in [-0.2, -0.15) is 0 Å². The van der Waals surface area contributed by atoms with E-state index in [-0.39, 0.29) is 44.0 Å². The molecule has 0 aromatic rings. The number of rotatable bonds is 40.